The van der Waals surface area contributed by atoms with Gasteiger partial charge in [0.25, 0.3) is 0 Å². The molecule has 8 heteroatoms. The molecule has 0 unspecified atom stereocenters. The van der Waals surface area contributed by atoms with Crippen molar-refractivity contribution in [2.45, 2.75) is 58.7 Å². The molecule has 1 aromatic heterocycles. The number of halogens is 1. The first-order valence-electron chi connectivity index (χ1n) is 11.4. The second kappa shape index (κ2) is 9.58. The van der Waals surface area contributed by atoms with Gasteiger partial charge >= 0.3 is 6.03 Å². The second-order valence-electron chi connectivity index (χ2n) is 9.55. The Morgan fingerprint density at radius 3 is 2.38 bits per heavy atom. The number of aromatic nitrogens is 2. The van der Waals surface area contributed by atoms with Crippen molar-refractivity contribution in [2.24, 2.45) is 0 Å². The number of aryl methyl sites for hydroxylation is 1. The maximum Gasteiger partial charge on any atom is 0.318 e. The van der Waals surface area contributed by atoms with Gasteiger partial charge in [0.15, 0.2) is 11.5 Å². The Morgan fingerprint density at radius 2 is 1.79 bits per heavy atom. The maximum atomic E-state index is 13.2. The summed E-state index contributed by atoms with van der Waals surface area (Å²) in [6.45, 7) is 8.27. The monoisotopic (exact) mass is 482 g/mol. The van der Waals surface area contributed by atoms with Crippen molar-refractivity contribution >= 4 is 17.6 Å². The van der Waals surface area contributed by atoms with E-state index in [4.69, 9.17) is 26.2 Å². The highest BCUT2D eigenvalue weighted by Gasteiger charge is 2.36. The molecule has 3 aromatic rings. The van der Waals surface area contributed by atoms with Crippen LogP contribution in [0, 0.1) is 6.92 Å². The second-order valence-corrected chi connectivity index (χ2v) is 9.99. The molecule has 1 heterocycles. The number of carbonyl (C=O) groups excluding carboxylic acids is 1. The lowest BCUT2D eigenvalue weighted by Crippen LogP contribution is -2.49. The van der Waals surface area contributed by atoms with Gasteiger partial charge in [0.05, 0.1) is 30.6 Å². The third kappa shape index (κ3) is 5.47. The minimum atomic E-state index is -0.330. The van der Waals surface area contributed by atoms with Crippen LogP contribution < -0.4 is 14.8 Å². The first-order chi connectivity index (χ1) is 16.2. The van der Waals surface area contributed by atoms with E-state index in [0.29, 0.717) is 28.9 Å². The average Bonchev–Trinajstić information content (AvgIpc) is 3.57. The normalized spacial score (nSPS) is 13.5. The highest BCUT2D eigenvalue weighted by atomic mass is 35.5. The maximum absolute atomic E-state index is 13.2. The van der Waals surface area contributed by atoms with Crippen LogP contribution in [0.4, 0.5) is 4.79 Å². The van der Waals surface area contributed by atoms with E-state index in [1.54, 1.807) is 11.8 Å². The molecule has 2 amide bonds. The summed E-state index contributed by atoms with van der Waals surface area (Å²) in [5, 5.41) is 8.51. The van der Waals surface area contributed by atoms with Gasteiger partial charge in [0.2, 0.25) is 5.88 Å². The summed E-state index contributed by atoms with van der Waals surface area (Å²) in [5.74, 6) is 1.72. The molecule has 0 atom stereocenters. The quantitative estimate of drug-likeness (QED) is 0.441. The first kappa shape index (κ1) is 24.0. The van der Waals surface area contributed by atoms with Crippen LogP contribution >= 0.6 is 11.6 Å². The molecule has 180 valence electrons. The molecule has 1 fully saturated rings. The number of amides is 2. The van der Waals surface area contributed by atoms with Gasteiger partial charge in [-0.2, -0.15) is 5.10 Å². The predicted octanol–water partition coefficient (Wildman–Crippen LogP) is 6.11. The number of hydrogen-bond donors (Lipinski definition) is 1. The Bertz CT molecular complexity index is 1160. The van der Waals surface area contributed by atoms with Crippen LogP contribution in [-0.2, 0) is 6.54 Å². The number of rotatable bonds is 7. The molecule has 34 heavy (non-hydrogen) atoms. The van der Waals surface area contributed by atoms with Crippen LogP contribution in [0.25, 0.3) is 5.69 Å². The van der Waals surface area contributed by atoms with Gasteiger partial charge < -0.3 is 19.7 Å². The molecule has 1 saturated carbocycles. The largest absolute Gasteiger partial charge is 0.493 e. The molecule has 0 bridgehead atoms. The van der Waals surface area contributed by atoms with Crippen molar-refractivity contribution in [3.8, 4) is 23.1 Å². The Balaban J connectivity index is 1.76. The van der Waals surface area contributed by atoms with Gasteiger partial charge in [0.1, 0.15) is 0 Å². The summed E-state index contributed by atoms with van der Waals surface area (Å²) in [6, 6.07) is 15.0. The van der Waals surface area contributed by atoms with E-state index in [1.807, 2.05) is 81.1 Å². The summed E-state index contributed by atoms with van der Waals surface area (Å²) in [7, 11) is 1.61. The fourth-order valence-corrected chi connectivity index (χ4v) is 3.83. The minimum absolute atomic E-state index is 0.0862. The van der Waals surface area contributed by atoms with E-state index in [9.17, 15) is 4.79 Å². The fourth-order valence-electron chi connectivity index (χ4n) is 3.71. The van der Waals surface area contributed by atoms with Crippen LogP contribution in [-0.4, -0.2) is 39.4 Å². The Hall–Kier alpha value is -3.19. The molecule has 0 saturated heterocycles. The van der Waals surface area contributed by atoms with Crippen LogP contribution in [0.2, 0.25) is 5.02 Å². The molecular formula is C26H31ClN4O3. The number of nitrogens with zero attached hydrogens (tertiary/aromatic N) is 3. The van der Waals surface area contributed by atoms with E-state index in [2.05, 4.69) is 5.32 Å². The van der Waals surface area contributed by atoms with E-state index in [-0.39, 0.29) is 17.6 Å². The number of ether oxygens (including phenoxy) is 2. The Labute approximate surface area is 205 Å². The van der Waals surface area contributed by atoms with Crippen molar-refractivity contribution in [1.82, 2.24) is 20.0 Å². The van der Waals surface area contributed by atoms with Crippen molar-refractivity contribution < 1.29 is 14.3 Å². The third-order valence-corrected chi connectivity index (χ3v) is 5.80. The SMILES string of the molecule is COc1ccccc1Oc1c(CN(C(=O)NC(C)(C)C)C2CC2)c(C)nn1-c1ccc(Cl)cc1. The molecular weight excluding hydrogens is 452 g/mol. The lowest BCUT2D eigenvalue weighted by atomic mass is 10.1. The van der Waals surface area contributed by atoms with Crippen LogP contribution in [0.3, 0.4) is 0 Å². The molecule has 1 aliphatic carbocycles. The highest BCUT2D eigenvalue weighted by Crippen LogP contribution is 2.38. The number of para-hydroxylation sites is 2. The zero-order valence-corrected chi connectivity index (χ0v) is 21.0. The van der Waals surface area contributed by atoms with Gasteiger partial charge in [-0.3, -0.25) is 0 Å². The lowest BCUT2D eigenvalue weighted by Gasteiger charge is -2.28. The minimum Gasteiger partial charge on any atom is -0.493 e. The zero-order chi connectivity index (χ0) is 24.5. The van der Waals surface area contributed by atoms with Crippen molar-refractivity contribution in [1.29, 1.82) is 0 Å². The third-order valence-electron chi connectivity index (χ3n) is 5.54. The summed E-state index contributed by atoms with van der Waals surface area (Å²) < 4.78 is 13.7. The molecule has 1 aliphatic rings. The van der Waals surface area contributed by atoms with Crippen LogP contribution in [0.1, 0.15) is 44.9 Å². The molecule has 0 radical (unpaired) electrons. The number of hydrogen-bond acceptors (Lipinski definition) is 4. The van der Waals surface area contributed by atoms with Gasteiger partial charge in [0, 0.05) is 16.6 Å². The number of nitrogens with one attached hydrogen (secondary N) is 1. The van der Waals surface area contributed by atoms with Crippen LogP contribution in [0.15, 0.2) is 48.5 Å². The Morgan fingerprint density at radius 1 is 1.15 bits per heavy atom. The summed E-state index contributed by atoms with van der Waals surface area (Å²) in [6.07, 6.45) is 1.98. The lowest BCUT2D eigenvalue weighted by molar-refractivity contribution is 0.182. The molecule has 1 N–H and O–H groups in total. The highest BCUT2D eigenvalue weighted by molar-refractivity contribution is 6.30. The smallest absolute Gasteiger partial charge is 0.318 e. The number of urea groups is 1. The van der Waals surface area contributed by atoms with Gasteiger partial charge in [-0.1, -0.05) is 23.7 Å². The fraction of sp³-hybridized carbons (Fsp3) is 0.385. The van der Waals surface area contributed by atoms with Crippen molar-refractivity contribution in [3.05, 3.63) is 64.8 Å². The summed E-state index contributed by atoms with van der Waals surface area (Å²) in [4.78, 5) is 15.0. The topological polar surface area (TPSA) is 68.6 Å². The predicted molar refractivity (Wildman–Crippen MR) is 133 cm³/mol. The van der Waals surface area contributed by atoms with E-state index < -0.39 is 0 Å². The first-order valence-corrected chi connectivity index (χ1v) is 11.8. The number of methoxy groups -OCH3 is 1. The van der Waals surface area contributed by atoms with E-state index >= 15 is 0 Å². The molecule has 2 aromatic carbocycles. The Kier molecular flexibility index (Phi) is 6.75. The number of benzene rings is 2. The van der Waals surface area contributed by atoms with Crippen molar-refractivity contribution in [3.63, 3.8) is 0 Å². The van der Waals surface area contributed by atoms with Gasteiger partial charge in [-0.25, -0.2) is 9.48 Å². The molecule has 0 spiro atoms. The van der Waals surface area contributed by atoms with Gasteiger partial charge in [-0.05, 0) is 76.9 Å². The summed E-state index contributed by atoms with van der Waals surface area (Å²) >= 11 is 6.11. The molecule has 4 rings (SSSR count). The zero-order valence-electron chi connectivity index (χ0n) is 20.3. The van der Waals surface area contributed by atoms with Gasteiger partial charge in [-0.15, -0.1) is 0 Å². The van der Waals surface area contributed by atoms with Crippen molar-refractivity contribution in [2.75, 3.05) is 7.11 Å². The van der Waals surface area contributed by atoms with E-state index in [0.717, 1.165) is 29.8 Å². The standard InChI is InChI=1S/C26H31ClN4O3/c1-17-21(16-30(19-14-15-19)25(32)28-26(2,3)4)24(34-23-9-7-6-8-22(23)33-5)31(29-17)20-12-10-18(27)11-13-20/h6-13,19H,14-16H2,1-5H3,(H,28,32). The number of carbonyl (C=O) groups is 1. The molecule has 7 nitrogen and oxygen atoms in total. The molecule has 0 aliphatic heterocycles. The average molecular weight is 483 g/mol. The summed E-state index contributed by atoms with van der Waals surface area (Å²) in [5.41, 5.74) is 2.11. The van der Waals surface area contributed by atoms with E-state index in [1.165, 1.54) is 0 Å². The van der Waals surface area contributed by atoms with Crippen LogP contribution in [0.5, 0.6) is 17.4 Å².